The fourth-order valence-electron chi connectivity index (χ4n) is 1.49. The molecular formula is C11H21NO4. The summed E-state index contributed by atoms with van der Waals surface area (Å²) in [6.45, 7) is 3.73. The molecule has 0 aromatic heterocycles. The van der Waals surface area contributed by atoms with Gasteiger partial charge in [-0.05, 0) is 25.7 Å². The van der Waals surface area contributed by atoms with Gasteiger partial charge >= 0.3 is 5.97 Å². The zero-order valence-electron chi connectivity index (χ0n) is 9.90. The second kappa shape index (κ2) is 8.10. The highest BCUT2D eigenvalue weighted by atomic mass is 16.4. The lowest BCUT2D eigenvalue weighted by Gasteiger charge is -2.15. The van der Waals surface area contributed by atoms with Crippen LogP contribution < -0.4 is 5.32 Å². The molecule has 0 aliphatic rings. The van der Waals surface area contributed by atoms with Crippen LogP contribution in [0.3, 0.4) is 0 Å². The summed E-state index contributed by atoms with van der Waals surface area (Å²) in [5, 5.41) is 19.9. The number of carboxylic acids is 1. The van der Waals surface area contributed by atoms with E-state index < -0.39 is 5.97 Å². The molecule has 2 unspecified atom stereocenters. The number of amides is 1. The number of carbonyl (C=O) groups is 2. The molecule has 5 heteroatoms. The van der Waals surface area contributed by atoms with E-state index in [1.165, 1.54) is 0 Å². The molecule has 3 N–H and O–H groups in total. The number of aliphatic hydroxyl groups excluding tert-OH is 1. The average Bonchev–Trinajstić information content (AvgIpc) is 2.12. The van der Waals surface area contributed by atoms with E-state index in [4.69, 9.17) is 10.2 Å². The van der Waals surface area contributed by atoms with Gasteiger partial charge in [-0.1, -0.05) is 6.92 Å². The summed E-state index contributed by atoms with van der Waals surface area (Å²) in [6, 6.07) is 0.0247. The Morgan fingerprint density at radius 2 is 1.88 bits per heavy atom. The van der Waals surface area contributed by atoms with Gasteiger partial charge in [-0.2, -0.15) is 0 Å². The van der Waals surface area contributed by atoms with Gasteiger partial charge in [-0.3, -0.25) is 9.59 Å². The molecule has 0 aliphatic heterocycles. The van der Waals surface area contributed by atoms with E-state index in [1.807, 2.05) is 6.92 Å². The van der Waals surface area contributed by atoms with Gasteiger partial charge in [0.2, 0.25) is 5.91 Å². The number of rotatable bonds is 8. The van der Waals surface area contributed by atoms with Gasteiger partial charge < -0.3 is 15.5 Å². The van der Waals surface area contributed by atoms with Gasteiger partial charge in [0.05, 0.1) is 0 Å². The summed E-state index contributed by atoms with van der Waals surface area (Å²) < 4.78 is 0. The van der Waals surface area contributed by atoms with Crippen molar-refractivity contribution in [3.05, 3.63) is 0 Å². The number of carboxylic acid groups (broad SMARTS) is 1. The van der Waals surface area contributed by atoms with E-state index in [0.717, 1.165) is 6.42 Å². The smallest absolute Gasteiger partial charge is 0.303 e. The molecule has 5 nitrogen and oxygen atoms in total. The zero-order valence-corrected chi connectivity index (χ0v) is 9.90. The van der Waals surface area contributed by atoms with Crippen LogP contribution in [0.4, 0.5) is 0 Å². The van der Waals surface area contributed by atoms with Crippen molar-refractivity contribution in [1.29, 1.82) is 0 Å². The summed E-state index contributed by atoms with van der Waals surface area (Å²) in [5.74, 6) is -1.16. The molecular weight excluding hydrogens is 210 g/mol. The first kappa shape index (κ1) is 14.9. The Hall–Kier alpha value is -1.10. The predicted molar refractivity (Wildman–Crippen MR) is 60.0 cm³/mol. The maximum absolute atomic E-state index is 11.4. The molecule has 2 atom stereocenters. The van der Waals surface area contributed by atoms with Crippen molar-refractivity contribution in [2.24, 2.45) is 5.92 Å². The minimum atomic E-state index is -0.881. The number of aliphatic carboxylic acids is 1. The van der Waals surface area contributed by atoms with Crippen molar-refractivity contribution in [1.82, 2.24) is 5.32 Å². The van der Waals surface area contributed by atoms with Crippen LogP contribution in [0.1, 0.15) is 39.5 Å². The maximum atomic E-state index is 11.4. The molecule has 0 aliphatic carbocycles. The van der Waals surface area contributed by atoms with Gasteiger partial charge in [-0.15, -0.1) is 0 Å². The summed E-state index contributed by atoms with van der Waals surface area (Å²) >= 11 is 0. The summed E-state index contributed by atoms with van der Waals surface area (Å²) in [4.78, 5) is 21.8. The minimum absolute atomic E-state index is 0.0123. The maximum Gasteiger partial charge on any atom is 0.303 e. The molecule has 0 spiro atoms. The Kier molecular flexibility index (Phi) is 7.54. The summed E-state index contributed by atoms with van der Waals surface area (Å²) in [7, 11) is 0. The van der Waals surface area contributed by atoms with E-state index in [0.29, 0.717) is 6.42 Å². The molecule has 0 saturated heterocycles. The van der Waals surface area contributed by atoms with Gasteiger partial charge in [0, 0.05) is 25.5 Å². The Morgan fingerprint density at radius 1 is 1.25 bits per heavy atom. The Labute approximate surface area is 95.9 Å². The number of hydrogen-bond donors (Lipinski definition) is 3. The fraction of sp³-hybridized carbons (Fsp3) is 0.818. The van der Waals surface area contributed by atoms with Gasteiger partial charge in [0.25, 0.3) is 0 Å². The molecule has 94 valence electrons. The second-order valence-corrected chi connectivity index (χ2v) is 4.24. The first-order chi connectivity index (χ1) is 7.45. The summed E-state index contributed by atoms with van der Waals surface area (Å²) in [5.41, 5.74) is 0. The molecule has 0 heterocycles. The Bertz CT molecular complexity index is 230. The van der Waals surface area contributed by atoms with Gasteiger partial charge in [0.15, 0.2) is 0 Å². The van der Waals surface area contributed by atoms with E-state index in [9.17, 15) is 9.59 Å². The van der Waals surface area contributed by atoms with E-state index in [-0.39, 0.29) is 37.3 Å². The van der Waals surface area contributed by atoms with Crippen LogP contribution in [0.25, 0.3) is 0 Å². The largest absolute Gasteiger partial charge is 0.481 e. The predicted octanol–water partition coefficient (Wildman–Crippen LogP) is 0.764. The summed E-state index contributed by atoms with van der Waals surface area (Å²) in [6.07, 6.45) is 1.63. The molecule has 0 aromatic carbocycles. The second-order valence-electron chi connectivity index (χ2n) is 4.24. The number of nitrogens with one attached hydrogen (secondary N) is 1. The zero-order chi connectivity index (χ0) is 12.6. The third-order valence-electron chi connectivity index (χ3n) is 2.26. The van der Waals surface area contributed by atoms with Gasteiger partial charge in [-0.25, -0.2) is 0 Å². The Balaban J connectivity index is 3.76. The lowest BCUT2D eigenvalue weighted by Crippen LogP contribution is -2.33. The number of carbonyl (C=O) groups excluding carboxylic acids is 1. The number of aliphatic hydroxyl groups is 1. The molecule has 0 radical (unpaired) electrons. The SMILES string of the molecule is CC(CC(=O)O)CC(=O)NC(C)CCCO. The minimum Gasteiger partial charge on any atom is -0.481 e. The van der Waals surface area contributed by atoms with E-state index in [2.05, 4.69) is 5.32 Å². The van der Waals surface area contributed by atoms with Crippen LogP contribution >= 0.6 is 0 Å². The Morgan fingerprint density at radius 3 is 2.38 bits per heavy atom. The van der Waals surface area contributed by atoms with Crippen LogP contribution in [-0.2, 0) is 9.59 Å². The van der Waals surface area contributed by atoms with Crippen LogP contribution in [0.2, 0.25) is 0 Å². The highest BCUT2D eigenvalue weighted by Gasteiger charge is 2.13. The molecule has 0 aromatic rings. The van der Waals surface area contributed by atoms with Crippen LogP contribution in [-0.4, -0.2) is 34.7 Å². The monoisotopic (exact) mass is 231 g/mol. The normalized spacial score (nSPS) is 14.2. The van der Waals surface area contributed by atoms with Crippen molar-refractivity contribution < 1.29 is 19.8 Å². The van der Waals surface area contributed by atoms with E-state index in [1.54, 1.807) is 6.92 Å². The quantitative estimate of drug-likeness (QED) is 0.575. The fourth-order valence-corrected chi connectivity index (χ4v) is 1.49. The average molecular weight is 231 g/mol. The van der Waals surface area contributed by atoms with Crippen LogP contribution in [0.15, 0.2) is 0 Å². The lowest BCUT2D eigenvalue weighted by molar-refractivity contribution is -0.138. The van der Waals surface area contributed by atoms with Crippen molar-refractivity contribution in [3.8, 4) is 0 Å². The topological polar surface area (TPSA) is 86.6 Å². The van der Waals surface area contributed by atoms with E-state index >= 15 is 0 Å². The third-order valence-corrected chi connectivity index (χ3v) is 2.26. The molecule has 1 amide bonds. The first-order valence-corrected chi connectivity index (χ1v) is 5.57. The highest BCUT2D eigenvalue weighted by molar-refractivity contribution is 5.77. The molecule has 0 rings (SSSR count). The van der Waals surface area contributed by atoms with Crippen LogP contribution in [0, 0.1) is 5.92 Å². The highest BCUT2D eigenvalue weighted by Crippen LogP contribution is 2.07. The van der Waals surface area contributed by atoms with Crippen LogP contribution in [0.5, 0.6) is 0 Å². The van der Waals surface area contributed by atoms with Gasteiger partial charge in [0.1, 0.15) is 0 Å². The molecule has 0 fully saturated rings. The third kappa shape index (κ3) is 8.23. The lowest BCUT2D eigenvalue weighted by atomic mass is 10.0. The van der Waals surface area contributed by atoms with Crippen molar-refractivity contribution in [2.75, 3.05) is 6.61 Å². The first-order valence-electron chi connectivity index (χ1n) is 5.57. The molecule has 16 heavy (non-hydrogen) atoms. The molecule has 0 bridgehead atoms. The van der Waals surface area contributed by atoms with Crippen molar-refractivity contribution >= 4 is 11.9 Å². The number of hydrogen-bond acceptors (Lipinski definition) is 3. The van der Waals surface area contributed by atoms with Crippen molar-refractivity contribution in [3.63, 3.8) is 0 Å². The van der Waals surface area contributed by atoms with Crippen molar-refractivity contribution in [2.45, 2.75) is 45.6 Å². The molecule has 0 saturated carbocycles. The standard InChI is InChI=1S/C11H21NO4/c1-8(7-11(15)16)6-10(14)12-9(2)4-3-5-13/h8-9,13H,3-7H2,1-2H3,(H,12,14)(H,15,16).